The number of rotatable bonds is 4. The minimum absolute atomic E-state index is 0.0480. The molecule has 2 aromatic carbocycles. The van der Waals surface area contributed by atoms with Crippen molar-refractivity contribution in [2.45, 2.75) is 24.9 Å². The average Bonchev–Trinajstić information content (AvgIpc) is 2.90. The third-order valence-electron chi connectivity index (χ3n) is 5.11. The number of esters is 1. The van der Waals surface area contributed by atoms with Crippen molar-refractivity contribution in [3.8, 4) is 0 Å². The molecular weight excluding hydrogens is 384 g/mol. The van der Waals surface area contributed by atoms with E-state index in [2.05, 4.69) is 0 Å². The number of methoxy groups -OCH3 is 1. The van der Waals surface area contributed by atoms with Crippen LogP contribution in [0.2, 0.25) is 5.02 Å². The van der Waals surface area contributed by atoms with Crippen LogP contribution in [-0.4, -0.2) is 36.2 Å². The molecule has 148 valence electrons. The van der Waals surface area contributed by atoms with Gasteiger partial charge in [-0.3, -0.25) is 10.1 Å². The molecule has 0 spiro atoms. The third-order valence-corrected chi connectivity index (χ3v) is 5.39. The van der Waals surface area contributed by atoms with E-state index in [1.807, 2.05) is 35.2 Å². The highest BCUT2D eigenvalue weighted by molar-refractivity contribution is 6.34. The lowest BCUT2D eigenvalue weighted by molar-refractivity contribution is -0.384. The summed E-state index contributed by atoms with van der Waals surface area (Å²) >= 11 is 6.34. The van der Waals surface area contributed by atoms with Crippen LogP contribution in [0.4, 0.5) is 11.4 Å². The van der Waals surface area contributed by atoms with Gasteiger partial charge in [0.15, 0.2) is 0 Å². The predicted octanol–water partition coefficient (Wildman–Crippen LogP) is 3.91. The lowest BCUT2D eigenvalue weighted by atomic mass is 9.87. The number of hydrogen-bond acceptors (Lipinski definition) is 6. The Morgan fingerprint density at radius 3 is 2.61 bits per heavy atom. The second-order valence-corrected chi connectivity index (χ2v) is 7.22. The highest BCUT2D eigenvalue weighted by atomic mass is 35.5. The van der Waals surface area contributed by atoms with Crippen molar-refractivity contribution in [2.75, 3.05) is 25.1 Å². The SMILES string of the molecule is COC(=O)c1cc([N+](=O)[O-])cc(Cl)c1N1CCC[C@](O)(c2ccccc2)CC1. The largest absolute Gasteiger partial charge is 0.465 e. The van der Waals surface area contributed by atoms with Crippen LogP contribution in [0.15, 0.2) is 42.5 Å². The van der Waals surface area contributed by atoms with E-state index < -0.39 is 16.5 Å². The van der Waals surface area contributed by atoms with Crippen molar-refractivity contribution in [3.05, 3.63) is 68.7 Å². The number of ether oxygens (including phenoxy) is 1. The maximum atomic E-state index is 12.3. The average molecular weight is 405 g/mol. The molecule has 0 bridgehead atoms. The fourth-order valence-electron chi connectivity index (χ4n) is 3.66. The minimum atomic E-state index is -0.977. The molecule has 1 saturated heterocycles. The molecule has 7 nitrogen and oxygen atoms in total. The fourth-order valence-corrected chi connectivity index (χ4v) is 3.99. The summed E-state index contributed by atoms with van der Waals surface area (Å²) in [6.45, 7) is 0.990. The van der Waals surface area contributed by atoms with Crippen molar-refractivity contribution in [1.82, 2.24) is 0 Å². The summed E-state index contributed by atoms with van der Waals surface area (Å²) in [6.07, 6.45) is 1.66. The molecular formula is C20H21ClN2O5. The molecule has 1 aliphatic rings. The van der Waals surface area contributed by atoms with E-state index in [1.54, 1.807) is 0 Å². The smallest absolute Gasteiger partial charge is 0.340 e. The Kier molecular flexibility index (Phi) is 5.86. The molecule has 8 heteroatoms. The van der Waals surface area contributed by atoms with E-state index in [0.29, 0.717) is 38.0 Å². The first-order chi connectivity index (χ1) is 13.4. The van der Waals surface area contributed by atoms with Crippen LogP contribution in [-0.2, 0) is 10.3 Å². The monoisotopic (exact) mass is 404 g/mol. The second-order valence-electron chi connectivity index (χ2n) is 6.81. The van der Waals surface area contributed by atoms with Crippen molar-refractivity contribution in [3.63, 3.8) is 0 Å². The highest BCUT2D eigenvalue weighted by Gasteiger charge is 2.34. The zero-order chi connectivity index (χ0) is 20.3. The quantitative estimate of drug-likeness (QED) is 0.471. The van der Waals surface area contributed by atoms with Gasteiger partial charge < -0.3 is 14.7 Å². The van der Waals surface area contributed by atoms with Crippen molar-refractivity contribution in [2.24, 2.45) is 0 Å². The van der Waals surface area contributed by atoms with Gasteiger partial charge in [0, 0.05) is 25.2 Å². The Balaban J connectivity index is 1.96. The standard InChI is InChI=1S/C20H21ClN2O5/c1-28-19(24)16-12-15(23(26)27)13-17(21)18(16)22-10-5-8-20(25,9-11-22)14-6-3-2-4-7-14/h2-4,6-7,12-13,25H,5,8-11H2,1H3/t20-/m1/s1. The topological polar surface area (TPSA) is 92.9 Å². The number of carbonyl (C=O) groups excluding carboxylic acids is 1. The molecule has 0 amide bonds. The summed E-state index contributed by atoms with van der Waals surface area (Å²) in [4.78, 5) is 24.7. The van der Waals surface area contributed by atoms with Crippen LogP contribution in [0.5, 0.6) is 0 Å². The van der Waals surface area contributed by atoms with Crippen LogP contribution in [0.1, 0.15) is 35.2 Å². The van der Waals surface area contributed by atoms with E-state index in [-0.39, 0.29) is 16.3 Å². The summed E-state index contributed by atoms with van der Waals surface area (Å²) < 4.78 is 4.80. The van der Waals surface area contributed by atoms with Crippen molar-refractivity contribution < 1.29 is 19.6 Å². The van der Waals surface area contributed by atoms with Gasteiger partial charge in [0.1, 0.15) is 0 Å². The molecule has 1 heterocycles. The molecule has 0 unspecified atom stereocenters. The Bertz CT molecular complexity index is 890. The molecule has 3 rings (SSSR count). The summed E-state index contributed by atoms with van der Waals surface area (Å²) in [7, 11) is 1.22. The van der Waals surface area contributed by atoms with Crippen LogP contribution in [0, 0.1) is 10.1 Å². The molecule has 1 atom stereocenters. The van der Waals surface area contributed by atoms with E-state index in [4.69, 9.17) is 16.3 Å². The van der Waals surface area contributed by atoms with Gasteiger partial charge in [-0.25, -0.2) is 4.79 Å². The lowest BCUT2D eigenvalue weighted by Gasteiger charge is -2.29. The Morgan fingerprint density at radius 2 is 1.96 bits per heavy atom. The van der Waals surface area contributed by atoms with Crippen molar-refractivity contribution >= 4 is 28.9 Å². The number of anilines is 1. The predicted molar refractivity (Wildman–Crippen MR) is 106 cm³/mol. The summed E-state index contributed by atoms with van der Waals surface area (Å²) in [5, 5.41) is 22.4. The van der Waals surface area contributed by atoms with E-state index >= 15 is 0 Å². The van der Waals surface area contributed by atoms with Gasteiger partial charge in [-0.1, -0.05) is 41.9 Å². The molecule has 0 radical (unpaired) electrons. The molecule has 1 N–H and O–H groups in total. The molecule has 2 aromatic rings. The number of nitro benzene ring substituents is 1. The zero-order valence-corrected chi connectivity index (χ0v) is 16.2. The number of carbonyl (C=O) groups is 1. The molecule has 0 aliphatic carbocycles. The van der Waals surface area contributed by atoms with Crippen LogP contribution >= 0.6 is 11.6 Å². The lowest BCUT2D eigenvalue weighted by Crippen LogP contribution is -2.30. The van der Waals surface area contributed by atoms with E-state index in [1.165, 1.54) is 19.2 Å². The number of nitro groups is 1. The van der Waals surface area contributed by atoms with Crippen LogP contribution < -0.4 is 4.90 Å². The first kappa shape index (κ1) is 20.1. The number of benzene rings is 2. The number of non-ortho nitro benzene ring substituents is 1. The number of halogens is 1. The molecule has 0 saturated carbocycles. The van der Waals surface area contributed by atoms with Gasteiger partial charge >= 0.3 is 5.97 Å². The maximum Gasteiger partial charge on any atom is 0.340 e. The van der Waals surface area contributed by atoms with E-state index in [0.717, 1.165) is 5.56 Å². The fraction of sp³-hybridized carbons (Fsp3) is 0.350. The van der Waals surface area contributed by atoms with Gasteiger partial charge in [-0.05, 0) is 24.8 Å². The number of hydrogen-bond donors (Lipinski definition) is 1. The van der Waals surface area contributed by atoms with Gasteiger partial charge in [0.25, 0.3) is 5.69 Å². The van der Waals surface area contributed by atoms with E-state index in [9.17, 15) is 20.0 Å². The minimum Gasteiger partial charge on any atom is -0.465 e. The van der Waals surface area contributed by atoms with Crippen LogP contribution in [0.3, 0.4) is 0 Å². The second kappa shape index (κ2) is 8.16. The van der Waals surface area contributed by atoms with Crippen LogP contribution in [0.25, 0.3) is 0 Å². The van der Waals surface area contributed by atoms with Gasteiger partial charge in [-0.2, -0.15) is 0 Å². The number of nitrogens with zero attached hydrogens (tertiary/aromatic N) is 2. The Labute approximate surface area is 167 Å². The normalized spacial score (nSPS) is 19.8. The first-order valence-electron chi connectivity index (χ1n) is 8.95. The van der Waals surface area contributed by atoms with Gasteiger partial charge in [0.2, 0.25) is 0 Å². The molecule has 1 fully saturated rings. The summed E-state index contributed by atoms with van der Waals surface area (Å²) in [5.41, 5.74) is 0.0437. The molecule has 1 aliphatic heterocycles. The highest BCUT2D eigenvalue weighted by Crippen LogP contribution is 2.39. The number of aliphatic hydroxyl groups is 1. The van der Waals surface area contributed by atoms with Gasteiger partial charge in [-0.15, -0.1) is 0 Å². The van der Waals surface area contributed by atoms with Crippen molar-refractivity contribution in [1.29, 1.82) is 0 Å². The zero-order valence-electron chi connectivity index (χ0n) is 15.4. The summed E-state index contributed by atoms with van der Waals surface area (Å²) in [6, 6.07) is 11.9. The Hall–Kier alpha value is -2.64. The maximum absolute atomic E-state index is 12.3. The molecule has 28 heavy (non-hydrogen) atoms. The van der Waals surface area contributed by atoms with Gasteiger partial charge in [0.05, 0.1) is 33.9 Å². The Morgan fingerprint density at radius 1 is 1.25 bits per heavy atom. The third kappa shape index (κ3) is 3.95. The summed E-state index contributed by atoms with van der Waals surface area (Å²) in [5.74, 6) is -0.692. The molecule has 0 aromatic heterocycles. The first-order valence-corrected chi connectivity index (χ1v) is 9.32.